The average Bonchev–Trinajstić information content (AvgIpc) is 3.29. The van der Waals surface area contributed by atoms with E-state index in [4.69, 9.17) is 5.73 Å². The van der Waals surface area contributed by atoms with Crippen molar-refractivity contribution in [2.75, 3.05) is 5.73 Å². The lowest BCUT2D eigenvalue weighted by atomic mass is 9.91. The van der Waals surface area contributed by atoms with Gasteiger partial charge in [-0.2, -0.15) is 0 Å². The molecule has 1 fully saturated rings. The molecule has 1 aromatic heterocycles. The first-order chi connectivity index (χ1) is 12.4. The van der Waals surface area contributed by atoms with Crippen LogP contribution in [0.15, 0.2) is 60.8 Å². The molecule has 0 radical (unpaired) electrons. The van der Waals surface area contributed by atoms with Gasteiger partial charge in [-0.3, -0.25) is 9.78 Å². The van der Waals surface area contributed by atoms with Crippen molar-refractivity contribution in [1.82, 2.24) is 4.98 Å². The van der Waals surface area contributed by atoms with Crippen LogP contribution in [0.2, 0.25) is 0 Å². The number of anilines is 1. The molecule has 26 heavy (non-hydrogen) atoms. The van der Waals surface area contributed by atoms with Gasteiger partial charge in [0.05, 0.1) is 0 Å². The number of hydrogen-bond acceptors (Lipinski definition) is 3. The van der Waals surface area contributed by atoms with E-state index < -0.39 is 0 Å². The number of fused-ring (bicyclic) bond motifs is 2. The van der Waals surface area contributed by atoms with Gasteiger partial charge in [-0.05, 0) is 55.4 Å². The molecular weight excluding hydrogens is 320 g/mol. The van der Waals surface area contributed by atoms with Gasteiger partial charge in [-0.25, -0.2) is 0 Å². The molecule has 0 aliphatic heterocycles. The second kappa shape index (κ2) is 9.33. The number of aromatic nitrogens is 1. The molecular formula is C23H30N2O. The van der Waals surface area contributed by atoms with Crippen LogP contribution < -0.4 is 5.73 Å². The molecule has 0 saturated heterocycles. The van der Waals surface area contributed by atoms with Gasteiger partial charge < -0.3 is 5.73 Å². The van der Waals surface area contributed by atoms with E-state index in [9.17, 15) is 4.79 Å². The summed E-state index contributed by atoms with van der Waals surface area (Å²) in [6.45, 7) is 6.28. The van der Waals surface area contributed by atoms with Gasteiger partial charge in [0.15, 0.2) is 6.29 Å². The van der Waals surface area contributed by atoms with Crippen LogP contribution in [0.5, 0.6) is 0 Å². The third-order valence-corrected chi connectivity index (χ3v) is 4.66. The van der Waals surface area contributed by atoms with Crippen molar-refractivity contribution in [1.29, 1.82) is 0 Å². The predicted molar refractivity (Wildman–Crippen MR) is 109 cm³/mol. The van der Waals surface area contributed by atoms with Gasteiger partial charge in [0, 0.05) is 28.6 Å². The van der Waals surface area contributed by atoms with Crippen LogP contribution in [0.1, 0.15) is 56.1 Å². The van der Waals surface area contributed by atoms with Gasteiger partial charge in [0.25, 0.3) is 0 Å². The summed E-state index contributed by atoms with van der Waals surface area (Å²) in [6, 6.07) is 13.2. The Morgan fingerprint density at radius 3 is 1.88 bits per heavy atom. The molecule has 2 bridgehead atoms. The van der Waals surface area contributed by atoms with Crippen molar-refractivity contribution in [3.8, 4) is 0 Å². The first kappa shape index (κ1) is 19.9. The smallest absolute Gasteiger partial charge is 0.151 e. The van der Waals surface area contributed by atoms with E-state index in [0.29, 0.717) is 5.56 Å². The molecule has 4 rings (SSSR count). The molecule has 1 heterocycles. The molecule has 138 valence electrons. The summed E-state index contributed by atoms with van der Waals surface area (Å²) in [5.74, 6) is 1.98. The van der Waals surface area contributed by atoms with E-state index >= 15 is 0 Å². The predicted octanol–water partition coefficient (Wildman–Crippen LogP) is 5.43. The van der Waals surface area contributed by atoms with Crippen molar-refractivity contribution < 1.29 is 4.79 Å². The largest absolute Gasteiger partial charge is 0.399 e. The Bertz CT molecular complexity index is 687. The summed E-state index contributed by atoms with van der Waals surface area (Å²) in [5, 5.41) is 0. The molecule has 2 atom stereocenters. The minimum Gasteiger partial charge on any atom is -0.399 e. The second-order valence-corrected chi connectivity index (χ2v) is 7.97. The van der Waals surface area contributed by atoms with E-state index in [-0.39, 0.29) is 5.41 Å². The fraction of sp³-hybridized carbons (Fsp3) is 0.391. The number of nitrogens with zero attached hydrogens (tertiary/aromatic N) is 1. The van der Waals surface area contributed by atoms with Crippen molar-refractivity contribution in [3.05, 3.63) is 72.1 Å². The number of nitrogen functional groups attached to an aromatic ring is 1. The minimum atomic E-state index is 0.0570. The number of benzene rings is 1. The highest BCUT2D eigenvalue weighted by Gasteiger charge is 2.25. The summed E-state index contributed by atoms with van der Waals surface area (Å²) < 4.78 is 0. The van der Waals surface area contributed by atoms with E-state index in [2.05, 4.69) is 37.9 Å². The Kier molecular flexibility index (Phi) is 7.14. The van der Waals surface area contributed by atoms with E-state index in [1.165, 1.54) is 19.3 Å². The van der Waals surface area contributed by atoms with Gasteiger partial charge >= 0.3 is 0 Å². The summed E-state index contributed by atoms with van der Waals surface area (Å²) in [7, 11) is 0. The molecule has 2 aromatic rings. The highest BCUT2D eigenvalue weighted by molar-refractivity contribution is 5.73. The molecule has 0 amide bonds. The maximum absolute atomic E-state index is 10.3. The summed E-state index contributed by atoms with van der Waals surface area (Å²) in [5.41, 5.74) is 7.87. The number of carbonyl (C=O) groups excluding carboxylic acids is 1. The molecule has 1 aromatic carbocycles. The van der Waals surface area contributed by atoms with Gasteiger partial charge in [-0.15, -0.1) is 0 Å². The number of para-hydroxylation sites is 1. The Morgan fingerprint density at radius 2 is 1.62 bits per heavy atom. The molecule has 2 aliphatic rings. The van der Waals surface area contributed by atoms with Crippen LogP contribution in [0.4, 0.5) is 5.69 Å². The topological polar surface area (TPSA) is 56.0 Å². The number of allylic oxidation sites excluding steroid dienone is 2. The van der Waals surface area contributed by atoms with Crippen molar-refractivity contribution >= 4 is 12.0 Å². The summed E-state index contributed by atoms with van der Waals surface area (Å²) in [4.78, 5) is 14.5. The normalized spacial score (nSPS) is 19.8. The minimum absolute atomic E-state index is 0.0570. The maximum Gasteiger partial charge on any atom is 0.151 e. The number of carbonyl (C=O) groups is 1. The van der Waals surface area contributed by atoms with Crippen LogP contribution >= 0.6 is 0 Å². The number of hydrogen-bond donors (Lipinski definition) is 1. The summed E-state index contributed by atoms with van der Waals surface area (Å²) >= 11 is 0. The van der Waals surface area contributed by atoms with Gasteiger partial charge in [0.1, 0.15) is 0 Å². The SMILES string of the molecule is C1=CC2CCC1C2.CC(C)(C)c1ccc(C=O)cn1.Nc1ccccc1. The average molecular weight is 351 g/mol. The van der Waals surface area contributed by atoms with Crippen molar-refractivity contribution in [3.63, 3.8) is 0 Å². The Labute approximate surface area is 157 Å². The van der Waals surface area contributed by atoms with Crippen molar-refractivity contribution in [2.45, 2.75) is 45.4 Å². The summed E-state index contributed by atoms with van der Waals surface area (Å²) in [6.07, 6.45) is 11.6. The monoisotopic (exact) mass is 350 g/mol. The zero-order valence-corrected chi connectivity index (χ0v) is 16.1. The van der Waals surface area contributed by atoms with E-state index in [1.807, 2.05) is 36.4 Å². The van der Waals surface area contributed by atoms with Gasteiger partial charge in [-0.1, -0.05) is 51.1 Å². The highest BCUT2D eigenvalue weighted by Crippen LogP contribution is 2.38. The number of pyridine rings is 1. The third kappa shape index (κ3) is 6.47. The fourth-order valence-electron chi connectivity index (χ4n) is 3.09. The van der Waals surface area contributed by atoms with E-state index in [1.54, 1.807) is 12.3 Å². The Balaban J connectivity index is 0.000000148. The molecule has 1 saturated carbocycles. The Hall–Kier alpha value is -2.42. The van der Waals surface area contributed by atoms with Crippen LogP contribution in [-0.4, -0.2) is 11.3 Å². The fourth-order valence-corrected chi connectivity index (χ4v) is 3.09. The van der Waals surface area contributed by atoms with Crippen LogP contribution in [0, 0.1) is 11.8 Å². The lowest BCUT2D eigenvalue weighted by molar-refractivity contribution is 0.112. The second-order valence-electron chi connectivity index (χ2n) is 7.97. The molecule has 0 spiro atoms. The van der Waals surface area contributed by atoms with Crippen molar-refractivity contribution in [2.24, 2.45) is 11.8 Å². The number of nitrogens with two attached hydrogens (primary N) is 1. The van der Waals surface area contributed by atoms with E-state index in [0.717, 1.165) is 29.5 Å². The zero-order valence-electron chi connectivity index (χ0n) is 16.1. The van der Waals surface area contributed by atoms with Crippen LogP contribution in [-0.2, 0) is 5.41 Å². The molecule has 2 N–H and O–H groups in total. The van der Waals surface area contributed by atoms with Crippen LogP contribution in [0.25, 0.3) is 0 Å². The first-order valence-corrected chi connectivity index (χ1v) is 9.29. The lowest BCUT2D eigenvalue weighted by Gasteiger charge is -2.16. The third-order valence-electron chi connectivity index (χ3n) is 4.66. The maximum atomic E-state index is 10.3. The number of aldehydes is 1. The van der Waals surface area contributed by atoms with Crippen LogP contribution in [0.3, 0.4) is 0 Å². The highest BCUT2D eigenvalue weighted by atomic mass is 16.1. The standard InChI is InChI=1S/C10H13NO.C7H10.C6H7N/c1-10(2,3)9-5-4-8(7-12)6-11-9;1-2-7-4-3-6(1)5-7;7-6-4-2-1-3-5-6/h4-7H,1-3H3;1-2,6-7H,3-5H2;1-5H,7H2. The molecule has 2 aliphatic carbocycles. The molecule has 2 unspecified atom stereocenters. The van der Waals surface area contributed by atoms with Gasteiger partial charge in [0.2, 0.25) is 0 Å². The zero-order chi connectivity index (χ0) is 19.0. The molecule has 3 nitrogen and oxygen atoms in total. The first-order valence-electron chi connectivity index (χ1n) is 9.29. The quantitative estimate of drug-likeness (QED) is 0.424. The Morgan fingerprint density at radius 1 is 1.00 bits per heavy atom. The lowest BCUT2D eigenvalue weighted by Crippen LogP contribution is -2.13. The molecule has 3 heteroatoms. The number of rotatable bonds is 1.